The second-order valence-electron chi connectivity index (χ2n) is 5.05. The van der Waals surface area contributed by atoms with Crippen LogP contribution in [0.1, 0.15) is 27.7 Å². The van der Waals surface area contributed by atoms with Gasteiger partial charge < -0.3 is 13.5 Å². The van der Waals surface area contributed by atoms with Crippen LogP contribution in [0.2, 0.25) is 0 Å². The molecular formula is C13H21N4O4P. The van der Waals surface area contributed by atoms with E-state index >= 15 is 0 Å². The number of hydrogen-bond acceptors (Lipinski definition) is 7. The maximum absolute atomic E-state index is 12.9. The van der Waals surface area contributed by atoms with Gasteiger partial charge in [0.05, 0.1) is 19.5 Å². The van der Waals surface area contributed by atoms with Gasteiger partial charge in [0.25, 0.3) is 0 Å². The summed E-state index contributed by atoms with van der Waals surface area (Å²) in [6.45, 7) is 8.77. The summed E-state index contributed by atoms with van der Waals surface area (Å²) < 4.78 is 30.8. The van der Waals surface area contributed by atoms with Crippen LogP contribution in [0.25, 0.3) is 11.6 Å². The Balaban J connectivity index is 2.45. The number of hydrogen-bond donors (Lipinski definition) is 0. The van der Waals surface area contributed by atoms with E-state index in [-0.39, 0.29) is 13.2 Å². The van der Waals surface area contributed by atoms with Gasteiger partial charge in [-0.25, -0.2) is 4.68 Å². The second-order valence-corrected chi connectivity index (χ2v) is 7.04. The van der Waals surface area contributed by atoms with Crippen LogP contribution in [0.15, 0.2) is 16.7 Å². The van der Waals surface area contributed by atoms with Crippen molar-refractivity contribution in [2.24, 2.45) is 5.92 Å². The van der Waals surface area contributed by atoms with Crippen molar-refractivity contribution in [3.63, 3.8) is 0 Å². The number of aromatic nitrogens is 4. The molecule has 0 saturated heterocycles. The molecule has 22 heavy (non-hydrogen) atoms. The normalized spacial score (nSPS) is 12.2. The highest BCUT2D eigenvalue weighted by molar-refractivity contribution is 7.62. The van der Waals surface area contributed by atoms with Crippen LogP contribution in [0, 0.1) is 5.92 Å². The molecular weight excluding hydrogens is 307 g/mol. The van der Waals surface area contributed by atoms with Gasteiger partial charge in [0.15, 0.2) is 5.76 Å². The minimum Gasteiger partial charge on any atom is -0.460 e. The van der Waals surface area contributed by atoms with Gasteiger partial charge in [-0.15, -0.1) is 5.10 Å². The number of nitrogens with zero attached hydrogens (tertiary/aromatic N) is 4. The molecule has 0 fully saturated rings. The Morgan fingerprint density at radius 1 is 1.32 bits per heavy atom. The van der Waals surface area contributed by atoms with Crippen molar-refractivity contribution in [3.8, 4) is 11.6 Å². The predicted octanol–water partition coefficient (Wildman–Crippen LogP) is 2.48. The average Bonchev–Trinajstić information content (AvgIpc) is 3.06. The van der Waals surface area contributed by atoms with E-state index in [9.17, 15) is 4.57 Å². The Hall–Kier alpha value is -1.50. The van der Waals surface area contributed by atoms with Gasteiger partial charge in [0, 0.05) is 6.54 Å². The third-order valence-corrected chi connectivity index (χ3v) is 4.95. The molecule has 0 unspecified atom stereocenters. The summed E-state index contributed by atoms with van der Waals surface area (Å²) >= 11 is 0. The molecule has 0 atom stereocenters. The van der Waals surface area contributed by atoms with Gasteiger partial charge in [-0.1, -0.05) is 13.8 Å². The molecule has 2 heterocycles. The molecule has 122 valence electrons. The Labute approximate surface area is 129 Å². The lowest BCUT2D eigenvalue weighted by Gasteiger charge is -2.16. The summed E-state index contributed by atoms with van der Waals surface area (Å²) in [6.07, 6.45) is 1.43. The van der Waals surface area contributed by atoms with E-state index in [1.165, 1.54) is 6.26 Å². The van der Waals surface area contributed by atoms with E-state index in [1.807, 2.05) is 0 Å². The van der Waals surface area contributed by atoms with E-state index in [0.29, 0.717) is 29.4 Å². The predicted molar refractivity (Wildman–Crippen MR) is 80.8 cm³/mol. The lowest BCUT2D eigenvalue weighted by Crippen LogP contribution is -2.14. The molecule has 9 heteroatoms. The summed E-state index contributed by atoms with van der Waals surface area (Å²) in [7, 11) is -3.46. The molecule has 0 aliphatic rings. The van der Waals surface area contributed by atoms with E-state index < -0.39 is 7.60 Å². The van der Waals surface area contributed by atoms with Crippen LogP contribution in [0.5, 0.6) is 0 Å². The molecule has 2 rings (SSSR count). The summed E-state index contributed by atoms with van der Waals surface area (Å²) in [5.74, 6) is 1.08. The summed E-state index contributed by atoms with van der Waals surface area (Å²) in [4.78, 5) is 0. The van der Waals surface area contributed by atoms with Crippen LogP contribution in [-0.2, 0) is 20.2 Å². The lowest BCUT2D eigenvalue weighted by molar-refractivity contribution is 0.230. The third kappa shape index (κ3) is 3.45. The third-order valence-electron chi connectivity index (χ3n) is 2.81. The molecule has 2 aromatic rings. The zero-order valence-electron chi connectivity index (χ0n) is 13.2. The SMILES string of the molecule is CCOP(=O)(OCC)c1ccoc1-c1nnnn1CC(C)C. The van der Waals surface area contributed by atoms with Gasteiger partial charge in [-0.3, -0.25) is 4.57 Å². The summed E-state index contributed by atoms with van der Waals surface area (Å²) in [5, 5.41) is 12.0. The second kappa shape index (κ2) is 7.17. The molecule has 0 aliphatic carbocycles. The first kappa shape index (κ1) is 16.9. The summed E-state index contributed by atoms with van der Waals surface area (Å²) in [5.41, 5.74) is 0. The first-order chi connectivity index (χ1) is 10.5. The smallest absolute Gasteiger partial charge is 0.365 e. The number of tetrazole rings is 1. The highest BCUT2D eigenvalue weighted by Crippen LogP contribution is 2.49. The van der Waals surface area contributed by atoms with Crippen molar-refractivity contribution in [3.05, 3.63) is 12.3 Å². The largest absolute Gasteiger partial charge is 0.460 e. The van der Waals surface area contributed by atoms with Crippen LogP contribution < -0.4 is 5.30 Å². The number of rotatable bonds is 8. The molecule has 0 N–H and O–H groups in total. The van der Waals surface area contributed by atoms with Crippen LogP contribution in [0.4, 0.5) is 0 Å². The van der Waals surface area contributed by atoms with Crippen molar-refractivity contribution < 1.29 is 18.0 Å². The van der Waals surface area contributed by atoms with Gasteiger partial charge in [0.2, 0.25) is 5.82 Å². The van der Waals surface area contributed by atoms with Crippen molar-refractivity contribution >= 4 is 12.9 Å². The lowest BCUT2D eigenvalue weighted by atomic mass is 10.2. The molecule has 0 bridgehead atoms. The van der Waals surface area contributed by atoms with Crippen LogP contribution >= 0.6 is 7.60 Å². The molecule has 0 aliphatic heterocycles. The van der Waals surface area contributed by atoms with Crippen molar-refractivity contribution in [1.29, 1.82) is 0 Å². The molecule has 8 nitrogen and oxygen atoms in total. The molecule has 0 aromatic carbocycles. The molecule has 2 aromatic heterocycles. The van der Waals surface area contributed by atoms with E-state index in [2.05, 4.69) is 29.4 Å². The van der Waals surface area contributed by atoms with Crippen molar-refractivity contribution in [2.45, 2.75) is 34.2 Å². The number of furan rings is 1. The first-order valence-corrected chi connectivity index (χ1v) is 8.79. The maximum Gasteiger partial charge on any atom is 0.365 e. The van der Waals surface area contributed by atoms with Gasteiger partial charge in [-0.05, 0) is 36.3 Å². The standard InChI is InChI=1S/C13H21N4O4P/c1-5-20-22(18,21-6-2)11-7-8-19-12(11)13-14-15-16-17(13)9-10(3)4/h7-8,10H,5-6,9H2,1-4H3. The Kier molecular flexibility index (Phi) is 5.50. The molecule has 0 radical (unpaired) electrons. The van der Waals surface area contributed by atoms with Gasteiger partial charge in [0.1, 0.15) is 5.30 Å². The molecule has 0 amide bonds. The van der Waals surface area contributed by atoms with Gasteiger partial charge >= 0.3 is 7.60 Å². The monoisotopic (exact) mass is 328 g/mol. The topological polar surface area (TPSA) is 92.3 Å². The Morgan fingerprint density at radius 3 is 2.59 bits per heavy atom. The zero-order valence-corrected chi connectivity index (χ0v) is 14.1. The highest BCUT2D eigenvalue weighted by Gasteiger charge is 2.34. The molecule has 0 spiro atoms. The minimum absolute atomic E-state index is 0.263. The van der Waals surface area contributed by atoms with E-state index in [0.717, 1.165) is 0 Å². The average molecular weight is 328 g/mol. The van der Waals surface area contributed by atoms with E-state index in [1.54, 1.807) is 24.6 Å². The van der Waals surface area contributed by atoms with E-state index in [4.69, 9.17) is 13.5 Å². The minimum atomic E-state index is -3.46. The Morgan fingerprint density at radius 2 is 2.00 bits per heavy atom. The molecule has 0 saturated carbocycles. The van der Waals surface area contributed by atoms with Crippen molar-refractivity contribution in [2.75, 3.05) is 13.2 Å². The highest BCUT2D eigenvalue weighted by atomic mass is 31.2. The van der Waals surface area contributed by atoms with Crippen molar-refractivity contribution in [1.82, 2.24) is 20.2 Å². The van der Waals surface area contributed by atoms with Gasteiger partial charge in [-0.2, -0.15) is 0 Å². The summed E-state index contributed by atoms with van der Waals surface area (Å²) in [6, 6.07) is 1.58. The van der Waals surface area contributed by atoms with Crippen LogP contribution in [0.3, 0.4) is 0 Å². The fraction of sp³-hybridized carbons (Fsp3) is 0.615. The maximum atomic E-state index is 12.9. The fourth-order valence-corrected chi connectivity index (χ4v) is 3.72. The Bertz CT molecular complexity index is 642. The first-order valence-electron chi connectivity index (χ1n) is 7.25. The fourth-order valence-electron chi connectivity index (χ4n) is 2.04. The zero-order chi connectivity index (χ0) is 16.2. The quantitative estimate of drug-likeness (QED) is 0.687. The van der Waals surface area contributed by atoms with Crippen LogP contribution in [-0.4, -0.2) is 33.4 Å².